The van der Waals surface area contributed by atoms with Crippen LogP contribution in [0.3, 0.4) is 0 Å². The lowest BCUT2D eigenvalue weighted by Crippen LogP contribution is -2.12. The zero-order valence-corrected chi connectivity index (χ0v) is 11.1. The maximum absolute atomic E-state index is 6.16. The summed E-state index contributed by atoms with van der Waals surface area (Å²) >= 11 is 7.66. The third-order valence-electron chi connectivity index (χ3n) is 2.59. The number of hydrogen-bond acceptors (Lipinski definition) is 3. The molecule has 4 heteroatoms. The smallest absolute Gasteiger partial charge is 0.122 e. The van der Waals surface area contributed by atoms with Crippen LogP contribution in [0.2, 0.25) is 5.02 Å². The lowest BCUT2D eigenvalue weighted by atomic mass is 10.0. The third-order valence-corrected chi connectivity index (χ3v) is 3.83. The van der Waals surface area contributed by atoms with Crippen LogP contribution in [0.4, 0.5) is 0 Å². The van der Waals surface area contributed by atoms with Crippen molar-refractivity contribution in [1.29, 1.82) is 0 Å². The van der Waals surface area contributed by atoms with E-state index in [-0.39, 0.29) is 6.04 Å². The fourth-order valence-corrected chi connectivity index (χ4v) is 2.67. The number of hydrogen-bond donors (Lipinski definition) is 1. The predicted molar refractivity (Wildman–Crippen MR) is 73.0 cm³/mol. The van der Waals surface area contributed by atoms with E-state index in [0.717, 1.165) is 17.7 Å². The van der Waals surface area contributed by atoms with Crippen LogP contribution in [0.1, 0.15) is 16.5 Å². The molecule has 1 aromatic heterocycles. The van der Waals surface area contributed by atoms with Gasteiger partial charge in [-0.3, -0.25) is 0 Å². The van der Waals surface area contributed by atoms with Gasteiger partial charge in [-0.1, -0.05) is 17.7 Å². The first-order chi connectivity index (χ1) is 8.20. The Morgan fingerprint density at radius 2 is 2.24 bits per heavy atom. The van der Waals surface area contributed by atoms with Crippen LogP contribution in [-0.2, 0) is 6.42 Å². The van der Waals surface area contributed by atoms with Crippen molar-refractivity contribution in [3.63, 3.8) is 0 Å². The van der Waals surface area contributed by atoms with Gasteiger partial charge in [0.2, 0.25) is 0 Å². The van der Waals surface area contributed by atoms with E-state index in [1.165, 1.54) is 4.88 Å². The molecule has 0 aliphatic heterocycles. The van der Waals surface area contributed by atoms with Gasteiger partial charge in [0, 0.05) is 15.9 Å². The second kappa shape index (κ2) is 5.54. The Balaban J connectivity index is 2.20. The number of rotatable bonds is 4. The Morgan fingerprint density at radius 1 is 1.41 bits per heavy atom. The van der Waals surface area contributed by atoms with Gasteiger partial charge in [-0.2, -0.15) is 0 Å². The van der Waals surface area contributed by atoms with Crippen molar-refractivity contribution in [3.05, 3.63) is 51.2 Å². The average molecular weight is 268 g/mol. The summed E-state index contributed by atoms with van der Waals surface area (Å²) < 4.78 is 5.31. The molecule has 2 N–H and O–H groups in total. The monoisotopic (exact) mass is 267 g/mol. The average Bonchev–Trinajstić information content (AvgIpc) is 2.83. The minimum Gasteiger partial charge on any atom is -0.496 e. The number of thiophene rings is 1. The maximum atomic E-state index is 6.16. The first kappa shape index (κ1) is 12.4. The molecular weight excluding hydrogens is 254 g/mol. The molecule has 0 spiro atoms. The SMILES string of the molecule is COc1ccc(Cl)cc1CC(N)c1cccs1. The Bertz CT molecular complexity index is 484. The van der Waals surface area contributed by atoms with Crippen molar-refractivity contribution in [2.75, 3.05) is 7.11 Å². The molecule has 1 aromatic carbocycles. The molecule has 1 unspecified atom stereocenters. The van der Waals surface area contributed by atoms with Crippen LogP contribution in [-0.4, -0.2) is 7.11 Å². The molecule has 17 heavy (non-hydrogen) atoms. The molecule has 0 aliphatic carbocycles. The number of benzene rings is 1. The second-order valence-electron chi connectivity index (χ2n) is 3.78. The number of ether oxygens (including phenoxy) is 1. The topological polar surface area (TPSA) is 35.2 Å². The zero-order chi connectivity index (χ0) is 12.3. The van der Waals surface area contributed by atoms with Crippen molar-refractivity contribution in [1.82, 2.24) is 0 Å². The lowest BCUT2D eigenvalue weighted by molar-refractivity contribution is 0.408. The van der Waals surface area contributed by atoms with E-state index >= 15 is 0 Å². The summed E-state index contributed by atoms with van der Waals surface area (Å²) in [6.45, 7) is 0. The molecule has 2 nitrogen and oxygen atoms in total. The van der Waals surface area contributed by atoms with Crippen LogP contribution < -0.4 is 10.5 Å². The highest BCUT2D eigenvalue weighted by atomic mass is 35.5. The first-order valence-electron chi connectivity index (χ1n) is 5.32. The van der Waals surface area contributed by atoms with Crippen LogP contribution in [0.15, 0.2) is 35.7 Å². The van der Waals surface area contributed by atoms with Crippen molar-refractivity contribution in [2.24, 2.45) is 5.73 Å². The van der Waals surface area contributed by atoms with Crippen molar-refractivity contribution in [2.45, 2.75) is 12.5 Å². The van der Waals surface area contributed by atoms with Crippen LogP contribution in [0.25, 0.3) is 0 Å². The number of methoxy groups -OCH3 is 1. The fraction of sp³-hybridized carbons (Fsp3) is 0.231. The fourth-order valence-electron chi connectivity index (χ4n) is 1.75. The van der Waals surface area contributed by atoms with Gasteiger partial charge in [-0.25, -0.2) is 0 Å². The van der Waals surface area contributed by atoms with Gasteiger partial charge in [0.15, 0.2) is 0 Å². The quantitative estimate of drug-likeness (QED) is 0.918. The van der Waals surface area contributed by atoms with E-state index in [1.807, 2.05) is 35.7 Å². The third kappa shape index (κ3) is 3.00. The molecule has 90 valence electrons. The normalized spacial score (nSPS) is 12.4. The van der Waals surface area contributed by atoms with Crippen molar-refractivity contribution >= 4 is 22.9 Å². The van der Waals surface area contributed by atoms with Crippen molar-refractivity contribution < 1.29 is 4.74 Å². The molecule has 2 rings (SSSR count). The minimum absolute atomic E-state index is 0.0117. The van der Waals surface area contributed by atoms with E-state index in [1.54, 1.807) is 18.4 Å². The van der Waals surface area contributed by atoms with Gasteiger partial charge in [-0.05, 0) is 41.6 Å². The minimum atomic E-state index is -0.0117. The molecule has 0 fully saturated rings. The molecule has 0 bridgehead atoms. The van der Waals surface area contributed by atoms with E-state index in [9.17, 15) is 0 Å². The highest BCUT2D eigenvalue weighted by Crippen LogP contribution is 2.28. The number of nitrogens with two attached hydrogens (primary N) is 1. The molecule has 0 aliphatic rings. The summed E-state index contributed by atoms with van der Waals surface area (Å²) in [6, 6.07) is 9.65. The summed E-state index contributed by atoms with van der Waals surface area (Å²) in [5.41, 5.74) is 7.20. The highest BCUT2D eigenvalue weighted by Gasteiger charge is 2.12. The number of halogens is 1. The molecule has 0 saturated carbocycles. The molecule has 0 amide bonds. The van der Waals surface area contributed by atoms with Crippen molar-refractivity contribution in [3.8, 4) is 5.75 Å². The molecule has 0 radical (unpaired) electrons. The van der Waals surface area contributed by atoms with Gasteiger partial charge in [0.1, 0.15) is 5.75 Å². The van der Waals surface area contributed by atoms with Gasteiger partial charge in [0.05, 0.1) is 7.11 Å². The molecule has 1 atom stereocenters. The predicted octanol–water partition coefficient (Wildman–Crippen LogP) is 3.65. The second-order valence-corrected chi connectivity index (χ2v) is 5.20. The Morgan fingerprint density at radius 3 is 2.88 bits per heavy atom. The molecule has 0 saturated heterocycles. The summed E-state index contributed by atoms with van der Waals surface area (Å²) in [5, 5.41) is 2.74. The Kier molecular flexibility index (Phi) is 4.05. The van der Waals surface area contributed by atoms with Crippen LogP contribution in [0, 0.1) is 0 Å². The highest BCUT2D eigenvalue weighted by molar-refractivity contribution is 7.10. The largest absolute Gasteiger partial charge is 0.496 e. The Labute approximate surface area is 110 Å². The Hall–Kier alpha value is -1.03. The van der Waals surface area contributed by atoms with E-state index < -0.39 is 0 Å². The molecular formula is C13H14ClNOS. The summed E-state index contributed by atoms with van der Waals surface area (Å²) in [6.07, 6.45) is 0.726. The van der Waals surface area contributed by atoms with Gasteiger partial charge >= 0.3 is 0 Å². The zero-order valence-electron chi connectivity index (χ0n) is 9.52. The van der Waals surface area contributed by atoms with E-state index in [0.29, 0.717) is 5.02 Å². The lowest BCUT2D eigenvalue weighted by Gasteiger charge is -2.13. The van der Waals surface area contributed by atoms with Gasteiger partial charge < -0.3 is 10.5 Å². The van der Waals surface area contributed by atoms with Crippen LogP contribution in [0.5, 0.6) is 5.75 Å². The summed E-state index contributed by atoms with van der Waals surface area (Å²) in [7, 11) is 1.66. The van der Waals surface area contributed by atoms with Crippen LogP contribution >= 0.6 is 22.9 Å². The summed E-state index contributed by atoms with van der Waals surface area (Å²) in [4.78, 5) is 1.17. The standard InChI is InChI=1S/C13H14ClNOS/c1-16-12-5-4-10(14)7-9(12)8-11(15)13-3-2-6-17-13/h2-7,11H,8,15H2,1H3. The van der Waals surface area contributed by atoms with Gasteiger partial charge in [-0.15, -0.1) is 11.3 Å². The van der Waals surface area contributed by atoms with E-state index in [4.69, 9.17) is 22.1 Å². The molecule has 2 aromatic rings. The summed E-state index contributed by atoms with van der Waals surface area (Å²) in [5.74, 6) is 0.835. The first-order valence-corrected chi connectivity index (χ1v) is 6.58. The van der Waals surface area contributed by atoms with E-state index in [2.05, 4.69) is 0 Å². The maximum Gasteiger partial charge on any atom is 0.122 e. The van der Waals surface area contributed by atoms with Gasteiger partial charge in [0.25, 0.3) is 0 Å². The molecule has 1 heterocycles.